The molecule has 0 unspecified atom stereocenters. The lowest BCUT2D eigenvalue weighted by molar-refractivity contribution is -0.114. The lowest BCUT2D eigenvalue weighted by Gasteiger charge is -2.17. The van der Waals surface area contributed by atoms with Crippen LogP contribution in [0.2, 0.25) is 0 Å². The molecule has 0 aliphatic carbocycles. The van der Waals surface area contributed by atoms with Crippen LogP contribution in [0.25, 0.3) is 0 Å². The van der Waals surface area contributed by atoms with Gasteiger partial charge in [0.05, 0.1) is 17.8 Å². The Balaban J connectivity index is 2.07. The standard InChI is InChI=1S/C14H10FN3O2/c1-8-5-9(15)6-10-12(8)18(14(20)13(10)19)7-11-16-3-2-4-17-11/h2-6H,7H2,1H3. The number of benzene rings is 1. The van der Waals surface area contributed by atoms with E-state index in [0.717, 1.165) is 6.07 Å². The number of nitrogens with zero attached hydrogens (tertiary/aromatic N) is 3. The molecule has 2 aromatic rings. The van der Waals surface area contributed by atoms with E-state index in [0.29, 0.717) is 17.1 Å². The van der Waals surface area contributed by atoms with Crippen LogP contribution in [0.1, 0.15) is 21.7 Å². The topological polar surface area (TPSA) is 63.2 Å². The fourth-order valence-electron chi connectivity index (χ4n) is 2.31. The number of aromatic nitrogens is 2. The van der Waals surface area contributed by atoms with E-state index in [1.807, 2.05) is 0 Å². The molecule has 0 spiro atoms. The summed E-state index contributed by atoms with van der Waals surface area (Å²) in [5.41, 5.74) is 1.08. The summed E-state index contributed by atoms with van der Waals surface area (Å²) in [5.74, 6) is -1.48. The monoisotopic (exact) mass is 271 g/mol. The van der Waals surface area contributed by atoms with E-state index in [2.05, 4.69) is 9.97 Å². The van der Waals surface area contributed by atoms with Crippen LogP contribution in [0.5, 0.6) is 0 Å². The zero-order chi connectivity index (χ0) is 14.3. The van der Waals surface area contributed by atoms with Crippen LogP contribution in [0.4, 0.5) is 10.1 Å². The van der Waals surface area contributed by atoms with Gasteiger partial charge in [-0.1, -0.05) is 0 Å². The molecule has 0 bridgehead atoms. The van der Waals surface area contributed by atoms with Crippen molar-refractivity contribution in [3.8, 4) is 0 Å². The maximum absolute atomic E-state index is 13.4. The Bertz CT molecular complexity index is 716. The van der Waals surface area contributed by atoms with Crippen molar-refractivity contribution < 1.29 is 14.0 Å². The largest absolute Gasteiger partial charge is 0.299 e. The third kappa shape index (κ3) is 1.85. The Labute approximate surface area is 114 Å². The van der Waals surface area contributed by atoms with Crippen LogP contribution in [0.15, 0.2) is 30.6 Å². The molecule has 1 aromatic heterocycles. The molecule has 6 heteroatoms. The molecule has 1 aliphatic heterocycles. The van der Waals surface area contributed by atoms with E-state index in [1.165, 1.54) is 11.0 Å². The van der Waals surface area contributed by atoms with Crippen molar-refractivity contribution in [3.63, 3.8) is 0 Å². The fraction of sp³-hybridized carbons (Fsp3) is 0.143. The molecule has 5 nitrogen and oxygen atoms in total. The smallest absolute Gasteiger partial charge is 0.297 e. The van der Waals surface area contributed by atoms with Crippen molar-refractivity contribution in [3.05, 3.63) is 53.4 Å². The predicted molar refractivity (Wildman–Crippen MR) is 68.7 cm³/mol. The van der Waals surface area contributed by atoms with Gasteiger partial charge in [0, 0.05) is 12.4 Å². The van der Waals surface area contributed by atoms with Crippen molar-refractivity contribution in [2.24, 2.45) is 0 Å². The number of rotatable bonds is 2. The number of carbonyl (C=O) groups excluding carboxylic acids is 2. The Morgan fingerprint density at radius 3 is 2.60 bits per heavy atom. The van der Waals surface area contributed by atoms with Crippen LogP contribution in [-0.2, 0) is 11.3 Å². The number of aryl methyl sites for hydroxylation is 1. The second-order valence-corrected chi connectivity index (χ2v) is 4.50. The number of fused-ring (bicyclic) bond motifs is 1. The van der Waals surface area contributed by atoms with E-state index in [9.17, 15) is 14.0 Å². The van der Waals surface area contributed by atoms with Gasteiger partial charge >= 0.3 is 0 Å². The summed E-state index contributed by atoms with van der Waals surface area (Å²) in [5, 5.41) is 0. The zero-order valence-electron chi connectivity index (χ0n) is 10.6. The van der Waals surface area contributed by atoms with Crippen LogP contribution in [-0.4, -0.2) is 21.7 Å². The fourth-order valence-corrected chi connectivity index (χ4v) is 2.31. The Kier molecular flexibility index (Phi) is 2.78. The summed E-state index contributed by atoms with van der Waals surface area (Å²) in [6.45, 7) is 1.75. The average molecular weight is 271 g/mol. The Morgan fingerprint density at radius 1 is 1.20 bits per heavy atom. The van der Waals surface area contributed by atoms with Crippen molar-refractivity contribution >= 4 is 17.4 Å². The highest BCUT2D eigenvalue weighted by Crippen LogP contribution is 2.33. The number of carbonyl (C=O) groups is 2. The van der Waals surface area contributed by atoms with Gasteiger partial charge in [0.1, 0.15) is 11.6 Å². The van der Waals surface area contributed by atoms with E-state index in [4.69, 9.17) is 0 Å². The molecule has 0 radical (unpaired) electrons. The summed E-state index contributed by atoms with van der Waals surface area (Å²) in [4.78, 5) is 33.3. The van der Waals surface area contributed by atoms with Gasteiger partial charge in [-0.05, 0) is 30.7 Å². The number of hydrogen-bond donors (Lipinski definition) is 0. The number of amides is 1. The Hall–Kier alpha value is -2.63. The van der Waals surface area contributed by atoms with Crippen LogP contribution in [0, 0.1) is 12.7 Å². The number of Topliss-reactive ketones (excluding diaryl/α,β-unsaturated/α-hetero) is 1. The van der Waals surface area contributed by atoms with Crippen LogP contribution >= 0.6 is 0 Å². The van der Waals surface area contributed by atoms with Crippen molar-refractivity contribution in [2.75, 3.05) is 4.90 Å². The van der Waals surface area contributed by atoms with E-state index in [1.54, 1.807) is 25.4 Å². The van der Waals surface area contributed by atoms with Gasteiger partial charge < -0.3 is 0 Å². The minimum Gasteiger partial charge on any atom is -0.297 e. The highest BCUT2D eigenvalue weighted by molar-refractivity contribution is 6.52. The molecular weight excluding hydrogens is 261 g/mol. The maximum atomic E-state index is 13.4. The minimum atomic E-state index is -0.696. The molecule has 0 N–H and O–H groups in total. The number of anilines is 1. The van der Waals surface area contributed by atoms with Crippen molar-refractivity contribution in [2.45, 2.75) is 13.5 Å². The van der Waals surface area contributed by atoms with Crippen molar-refractivity contribution in [1.82, 2.24) is 9.97 Å². The first-order valence-corrected chi connectivity index (χ1v) is 6.00. The van der Waals surface area contributed by atoms with Gasteiger partial charge in [-0.3, -0.25) is 14.5 Å². The lowest BCUT2D eigenvalue weighted by Crippen LogP contribution is -2.30. The van der Waals surface area contributed by atoms with Gasteiger partial charge in [-0.25, -0.2) is 14.4 Å². The highest BCUT2D eigenvalue weighted by atomic mass is 19.1. The van der Waals surface area contributed by atoms with Gasteiger partial charge in [-0.2, -0.15) is 0 Å². The first kappa shape index (κ1) is 12.4. The van der Waals surface area contributed by atoms with E-state index >= 15 is 0 Å². The number of halogens is 1. The third-order valence-corrected chi connectivity index (χ3v) is 3.14. The first-order valence-electron chi connectivity index (χ1n) is 6.00. The van der Waals surface area contributed by atoms with Gasteiger partial charge in [-0.15, -0.1) is 0 Å². The summed E-state index contributed by atoms with van der Waals surface area (Å²) in [7, 11) is 0. The van der Waals surface area contributed by atoms with E-state index < -0.39 is 17.5 Å². The second kappa shape index (κ2) is 4.48. The van der Waals surface area contributed by atoms with E-state index in [-0.39, 0.29) is 12.1 Å². The third-order valence-electron chi connectivity index (χ3n) is 3.14. The minimum absolute atomic E-state index is 0.0882. The summed E-state index contributed by atoms with van der Waals surface area (Å²) in [6.07, 6.45) is 3.12. The predicted octanol–water partition coefficient (Wildman–Crippen LogP) is 1.65. The molecule has 1 amide bonds. The molecule has 0 saturated carbocycles. The molecule has 100 valence electrons. The molecule has 0 saturated heterocycles. The first-order chi connectivity index (χ1) is 9.58. The van der Waals surface area contributed by atoms with Gasteiger partial charge in [0.25, 0.3) is 11.7 Å². The SMILES string of the molecule is Cc1cc(F)cc2c1N(Cc1ncccn1)C(=O)C2=O. The molecule has 0 atom stereocenters. The van der Waals surface area contributed by atoms with Gasteiger partial charge in [0.15, 0.2) is 0 Å². The quantitative estimate of drug-likeness (QED) is 0.779. The summed E-state index contributed by atoms with van der Waals surface area (Å²) >= 11 is 0. The van der Waals surface area contributed by atoms with Crippen LogP contribution in [0.3, 0.4) is 0 Å². The van der Waals surface area contributed by atoms with Crippen LogP contribution < -0.4 is 4.90 Å². The summed E-state index contributed by atoms with van der Waals surface area (Å²) < 4.78 is 13.4. The van der Waals surface area contributed by atoms with Gasteiger partial charge in [0.2, 0.25) is 0 Å². The molecular formula is C14H10FN3O2. The maximum Gasteiger partial charge on any atom is 0.299 e. The normalized spacial score (nSPS) is 13.8. The second-order valence-electron chi connectivity index (χ2n) is 4.50. The lowest BCUT2D eigenvalue weighted by atomic mass is 10.1. The molecule has 1 aliphatic rings. The average Bonchev–Trinajstić information content (AvgIpc) is 2.65. The zero-order valence-corrected chi connectivity index (χ0v) is 10.6. The molecule has 0 fully saturated rings. The number of ketones is 1. The molecule has 1 aromatic carbocycles. The molecule has 20 heavy (non-hydrogen) atoms. The molecule has 3 rings (SSSR count). The number of hydrogen-bond acceptors (Lipinski definition) is 4. The Morgan fingerprint density at radius 2 is 1.90 bits per heavy atom. The van der Waals surface area contributed by atoms with Crippen molar-refractivity contribution in [1.29, 1.82) is 0 Å². The highest BCUT2D eigenvalue weighted by Gasteiger charge is 2.37. The summed E-state index contributed by atoms with van der Waals surface area (Å²) in [6, 6.07) is 4.05. The molecule has 2 heterocycles.